The van der Waals surface area contributed by atoms with Crippen molar-refractivity contribution >= 4 is 5.91 Å². The number of H-pyrrole nitrogens is 1. The van der Waals surface area contributed by atoms with Gasteiger partial charge in [0.25, 0.3) is 5.91 Å². The average molecular weight is 170 g/mol. The summed E-state index contributed by atoms with van der Waals surface area (Å²) in [6.45, 7) is 1.07. The first kappa shape index (κ1) is 8.77. The Morgan fingerprint density at radius 2 is 2.58 bits per heavy atom. The summed E-state index contributed by atoms with van der Waals surface area (Å²) in [5.41, 5.74) is 0.523. The van der Waals surface area contributed by atoms with E-state index in [4.69, 9.17) is 0 Å². The summed E-state index contributed by atoms with van der Waals surface area (Å²) >= 11 is 0. The molecule has 0 aromatic carbocycles. The molecule has 1 unspecified atom stereocenters. The monoisotopic (exact) mass is 170 g/mol. The van der Waals surface area contributed by atoms with Crippen molar-refractivity contribution in [1.29, 1.82) is 0 Å². The van der Waals surface area contributed by atoms with E-state index in [0.717, 1.165) is 0 Å². The molecule has 12 heavy (non-hydrogen) atoms. The maximum Gasteiger partial charge on any atom is 0.253 e. The Morgan fingerprint density at radius 3 is 3.08 bits per heavy atom. The molecule has 1 rings (SSSR count). The lowest BCUT2D eigenvalue weighted by Crippen LogP contribution is -2.33. The van der Waals surface area contributed by atoms with E-state index in [1.807, 2.05) is 0 Å². The minimum atomic E-state index is -0.545. The molecule has 0 radical (unpaired) electrons. The zero-order valence-corrected chi connectivity index (χ0v) is 6.80. The first-order valence-electron chi connectivity index (χ1n) is 3.73. The van der Waals surface area contributed by atoms with Crippen LogP contribution in [0.5, 0.6) is 0 Å². The molecule has 3 nitrogen and oxygen atoms in total. The Kier molecular flexibility index (Phi) is 2.85. The van der Waals surface area contributed by atoms with Crippen LogP contribution in [0.3, 0.4) is 0 Å². The van der Waals surface area contributed by atoms with Crippen LogP contribution in [0.2, 0.25) is 0 Å². The summed E-state index contributed by atoms with van der Waals surface area (Å²) in [5, 5.41) is 2.50. The van der Waals surface area contributed by atoms with Gasteiger partial charge in [-0.3, -0.25) is 4.79 Å². The molecule has 2 N–H and O–H groups in total. The van der Waals surface area contributed by atoms with Crippen LogP contribution in [0.15, 0.2) is 18.5 Å². The predicted molar refractivity (Wildman–Crippen MR) is 43.7 cm³/mol. The summed E-state index contributed by atoms with van der Waals surface area (Å²) in [6, 6.07) is 1.22. The number of rotatable bonds is 3. The van der Waals surface area contributed by atoms with Gasteiger partial charge in [-0.15, -0.1) is 0 Å². The number of amides is 1. The number of hydrogen-bond acceptors (Lipinski definition) is 1. The number of carbonyl (C=O) groups excluding carboxylic acids is 1. The summed E-state index contributed by atoms with van der Waals surface area (Å²) in [5.74, 6) is -0.249. The lowest BCUT2D eigenvalue weighted by atomic mass is 10.3. The maximum atomic E-state index is 12.0. The van der Waals surface area contributed by atoms with Crippen LogP contribution in [0.1, 0.15) is 17.3 Å². The molecular formula is C8H11FN2O. The summed E-state index contributed by atoms with van der Waals surface area (Å²) in [4.78, 5) is 13.9. The highest BCUT2D eigenvalue weighted by atomic mass is 19.1. The first-order valence-corrected chi connectivity index (χ1v) is 3.73. The fourth-order valence-corrected chi connectivity index (χ4v) is 0.811. The van der Waals surface area contributed by atoms with E-state index in [-0.39, 0.29) is 5.91 Å². The summed E-state index contributed by atoms with van der Waals surface area (Å²) < 4.78 is 12.0. The number of aromatic nitrogens is 1. The maximum absolute atomic E-state index is 12.0. The van der Waals surface area contributed by atoms with Gasteiger partial charge in [0, 0.05) is 12.4 Å². The predicted octanol–water partition coefficient (Wildman–Crippen LogP) is 1.10. The molecule has 0 fully saturated rings. The van der Waals surface area contributed by atoms with Crippen molar-refractivity contribution in [3.63, 3.8) is 0 Å². The van der Waals surface area contributed by atoms with E-state index in [1.165, 1.54) is 0 Å². The van der Waals surface area contributed by atoms with E-state index < -0.39 is 12.7 Å². The van der Waals surface area contributed by atoms with E-state index >= 15 is 0 Å². The van der Waals surface area contributed by atoms with Gasteiger partial charge in [0.2, 0.25) is 0 Å². The minimum absolute atomic E-state index is 0.249. The topological polar surface area (TPSA) is 44.9 Å². The van der Waals surface area contributed by atoms with Crippen molar-refractivity contribution in [3.8, 4) is 0 Å². The SMILES string of the molecule is CC(CF)NC(=O)c1cc[nH]c1. The quantitative estimate of drug-likeness (QED) is 0.701. The fourth-order valence-electron chi connectivity index (χ4n) is 0.811. The van der Waals surface area contributed by atoms with E-state index in [9.17, 15) is 9.18 Å². The number of alkyl halides is 1. The van der Waals surface area contributed by atoms with Crippen LogP contribution in [0.25, 0.3) is 0 Å². The molecule has 1 aromatic heterocycles. The fraction of sp³-hybridized carbons (Fsp3) is 0.375. The third-order valence-electron chi connectivity index (χ3n) is 1.47. The van der Waals surface area contributed by atoms with Crippen LogP contribution in [0.4, 0.5) is 4.39 Å². The van der Waals surface area contributed by atoms with Crippen LogP contribution in [-0.2, 0) is 0 Å². The number of halogens is 1. The van der Waals surface area contributed by atoms with Crippen molar-refractivity contribution in [3.05, 3.63) is 24.0 Å². The largest absolute Gasteiger partial charge is 0.367 e. The van der Waals surface area contributed by atoms with Crippen LogP contribution in [0, 0.1) is 0 Å². The van der Waals surface area contributed by atoms with Crippen LogP contribution < -0.4 is 5.32 Å². The van der Waals surface area contributed by atoms with Crippen molar-refractivity contribution in [1.82, 2.24) is 10.3 Å². The molecule has 0 saturated carbocycles. The third-order valence-corrected chi connectivity index (χ3v) is 1.47. The molecule has 4 heteroatoms. The van der Waals surface area contributed by atoms with Crippen molar-refractivity contribution < 1.29 is 9.18 Å². The van der Waals surface area contributed by atoms with E-state index in [2.05, 4.69) is 10.3 Å². The van der Waals surface area contributed by atoms with Gasteiger partial charge in [-0.25, -0.2) is 4.39 Å². The molecule has 0 aliphatic rings. The molecule has 1 heterocycles. The average Bonchev–Trinajstić information content (AvgIpc) is 2.56. The van der Waals surface area contributed by atoms with Gasteiger partial charge in [-0.1, -0.05) is 0 Å². The molecule has 0 aliphatic carbocycles. The van der Waals surface area contributed by atoms with Crippen molar-refractivity contribution in [2.45, 2.75) is 13.0 Å². The molecule has 0 saturated heterocycles. The second-order valence-corrected chi connectivity index (χ2v) is 2.63. The van der Waals surface area contributed by atoms with E-state index in [1.54, 1.807) is 25.4 Å². The molecule has 0 bridgehead atoms. The number of aromatic amines is 1. The zero-order chi connectivity index (χ0) is 8.97. The minimum Gasteiger partial charge on any atom is -0.367 e. The van der Waals surface area contributed by atoms with Gasteiger partial charge in [0.05, 0.1) is 11.6 Å². The standard InChI is InChI=1S/C8H11FN2O/c1-6(4-9)11-8(12)7-2-3-10-5-7/h2-3,5-6,10H,4H2,1H3,(H,11,12). The van der Waals surface area contributed by atoms with Crippen LogP contribution in [-0.4, -0.2) is 23.6 Å². The molecule has 1 atom stereocenters. The third kappa shape index (κ3) is 2.08. The lowest BCUT2D eigenvalue weighted by molar-refractivity contribution is 0.0934. The molecule has 1 aromatic rings. The van der Waals surface area contributed by atoms with Gasteiger partial charge in [0.1, 0.15) is 6.67 Å². The normalized spacial score (nSPS) is 12.5. The Balaban J connectivity index is 2.50. The van der Waals surface area contributed by atoms with E-state index in [0.29, 0.717) is 5.56 Å². The van der Waals surface area contributed by atoms with Gasteiger partial charge < -0.3 is 10.3 Å². The number of hydrogen-bond donors (Lipinski definition) is 2. The second-order valence-electron chi connectivity index (χ2n) is 2.63. The Bertz CT molecular complexity index is 246. The summed E-state index contributed by atoms with van der Waals surface area (Å²) in [7, 11) is 0. The zero-order valence-electron chi connectivity index (χ0n) is 6.80. The first-order chi connectivity index (χ1) is 5.74. The number of nitrogens with one attached hydrogen (secondary N) is 2. The molecule has 0 aliphatic heterocycles. The highest BCUT2D eigenvalue weighted by Gasteiger charge is 2.08. The second kappa shape index (κ2) is 3.90. The van der Waals surface area contributed by atoms with Crippen LogP contribution >= 0.6 is 0 Å². The van der Waals surface area contributed by atoms with Gasteiger partial charge in [0.15, 0.2) is 0 Å². The Hall–Kier alpha value is -1.32. The highest BCUT2D eigenvalue weighted by molar-refractivity contribution is 5.94. The molecule has 0 spiro atoms. The summed E-state index contributed by atoms with van der Waals surface area (Å²) in [6.07, 6.45) is 3.22. The van der Waals surface area contributed by atoms with Crippen molar-refractivity contribution in [2.75, 3.05) is 6.67 Å². The van der Waals surface area contributed by atoms with Gasteiger partial charge >= 0.3 is 0 Å². The lowest BCUT2D eigenvalue weighted by Gasteiger charge is -2.07. The van der Waals surface area contributed by atoms with Gasteiger partial charge in [-0.05, 0) is 13.0 Å². The number of carbonyl (C=O) groups is 1. The molecule has 1 amide bonds. The highest BCUT2D eigenvalue weighted by Crippen LogP contribution is 1.96. The molecule has 66 valence electrons. The van der Waals surface area contributed by atoms with Crippen molar-refractivity contribution in [2.24, 2.45) is 0 Å². The Morgan fingerprint density at radius 1 is 1.83 bits per heavy atom. The molecular weight excluding hydrogens is 159 g/mol. The van der Waals surface area contributed by atoms with Gasteiger partial charge in [-0.2, -0.15) is 0 Å². The smallest absolute Gasteiger partial charge is 0.253 e. The Labute approximate surface area is 70.0 Å².